The quantitative estimate of drug-likeness (QED) is 0.708. The molecule has 0 spiro atoms. The first-order valence-corrected chi connectivity index (χ1v) is 7.26. The fourth-order valence-corrected chi connectivity index (χ4v) is 1.44. The number of rotatable bonds is 0. The Morgan fingerprint density at radius 3 is 2.09 bits per heavy atom. The summed E-state index contributed by atoms with van der Waals surface area (Å²) in [5.74, 6) is 0. The van der Waals surface area contributed by atoms with Crippen molar-refractivity contribution < 1.29 is 4.52 Å². The van der Waals surface area contributed by atoms with Crippen LogP contribution in [0.3, 0.4) is 0 Å². The third-order valence-electron chi connectivity index (χ3n) is 2.09. The minimum atomic E-state index is 0.558. The molecule has 0 saturated heterocycles. The summed E-state index contributed by atoms with van der Waals surface area (Å²) in [6.45, 7) is 0. The second-order valence-corrected chi connectivity index (χ2v) is 4.31. The molecule has 0 radical (unpaired) electrons. The summed E-state index contributed by atoms with van der Waals surface area (Å²) in [7, 11) is 0. The molecule has 0 fully saturated rings. The number of hydrogen-bond acceptors (Lipinski definition) is 5. The predicted molar refractivity (Wildman–Crippen MR) is 87.4 cm³/mol. The Morgan fingerprint density at radius 1 is 0.818 bits per heavy atom. The Hall–Kier alpha value is -2.97. The van der Waals surface area contributed by atoms with Crippen molar-refractivity contribution in [3.05, 3.63) is 96.1 Å². The summed E-state index contributed by atoms with van der Waals surface area (Å²) in [6, 6.07) is 25.7. The van der Waals surface area contributed by atoms with Gasteiger partial charge in [-0.3, -0.25) is 0 Å². The van der Waals surface area contributed by atoms with Gasteiger partial charge in [-0.05, 0) is 29.7 Å². The lowest BCUT2D eigenvalue weighted by atomic mass is 10.3. The largest absolute Gasteiger partial charge is 0.347 e. The van der Waals surface area contributed by atoms with Gasteiger partial charge in [0.1, 0.15) is 6.26 Å². The van der Waals surface area contributed by atoms with Gasteiger partial charge in [0.2, 0.25) is 0 Å². The second-order valence-electron chi connectivity index (χ2n) is 3.66. The summed E-state index contributed by atoms with van der Waals surface area (Å²) in [6.07, 6.45) is 1.43. The zero-order valence-corrected chi connectivity index (χ0v) is 12.6. The number of nitriles is 1. The van der Waals surface area contributed by atoms with Crippen molar-refractivity contribution in [2.24, 2.45) is 0 Å². The summed E-state index contributed by atoms with van der Waals surface area (Å²) < 4.78 is 8.51. The Balaban J connectivity index is 3.18. The van der Waals surface area contributed by atoms with E-state index in [4.69, 9.17) is 9.78 Å². The van der Waals surface area contributed by atoms with Crippen LogP contribution in [-0.2, 0) is 0 Å². The molecule has 1 aromatic heterocycles. The lowest BCUT2D eigenvalue weighted by Crippen LogP contribution is -1.63. The topological polar surface area (TPSA) is 62.7 Å². The zero-order valence-electron chi connectivity index (χ0n) is 11.8. The van der Waals surface area contributed by atoms with Crippen molar-refractivity contribution in [1.29, 1.82) is 5.26 Å². The smallest absolute Gasteiger partial charge is 0.124 e. The first-order valence-electron chi connectivity index (χ1n) is 6.42. The van der Waals surface area contributed by atoms with Gasteiger partial charge in [0.15, 0.2) is 0 Å². The van der Waals surface area contributed by atoms with E-state index >= 15 is 0 Å². The molecule has 0 saturated carbocycles. The maximum absolute atomic E-state index is 8.98. The summed E-state index contributed by atoms with van der Waals surface area (Å²) in [5, 5.41) is 14.2. The van der Waals surface area contributed by atoms with Crippen LogP contribution in [0, 0.1) is 11.3 Å². The Kier molecular flexibility index (Phi) is 10.1. The maximum atomic E-state index is 8.98. The second kappa shape index (κ2) is 13.0. The summed E-state index contributed by atoms with van der Waals surface area (Å²) in [5.41, 5.74) is 0.558. The third kappa shape index (κ3) is 9.89. The maximum Gasteiger partial charge on any atom is 0.124 e. The van der Waals surface area contributed by atoms with Crippen LogP contribution in [-0.4, -0.2) is 9.76 Å². The Bertz CT molecular complexity index is 650. The standard InChI is InChI=1S/C17H15N3OS/c18-16-17-12-8-6-4-2-1-3-5-7-10-14-21-19-20-22-15-11-9-13-17/h1-15H. The van der Waals surface area contributed by atoms with Gasteiger partial charge in [0.25, 0.3) is 0 Å². The number of aromatic nitrogens is 2. The Morgan fingerprint density at radius 2 is 1.41 bits per heavy atom. The van der Waals surface area contributed by atoms with Gasteiger partial charge in [0, 0.05) is 10.7 Å². The molecule has 0 unspecified atom stereocenters. The van der Waals surface area contributed by atoms with Crippen molar-refractivity contribution in [2.45, 2.75) is 0 Å². The van der Waals surface area contributed by atoms with E-state index in [1.54, 1.807) is 35.7 Å². The average molecular weight is 309 g/mol. The Labute approximate surface area is 133 Å². The molecule has 1 aromatic rings. The van der Waals surface area contributed by atoms with Crippen LogP contribution in [0.2, 0.25) is 0 Å². The molecule has 22 heavy (non-hydrogen) atoms. The van der Waals surface area contributed by atoms with E-state index in [1.807, 2.05) is 48.5 Å². The minimum Gasteiger partial charge on any atom is -0.347 e. The third-order valence-corrected chi connectivity index (χ3v) is 2.53. The molecule has 0 bridgehead atoms. The highest BCUT2D eigenvalue weighted by atomic mass is 32.1. The highest BCUT2D eigenvalue weighted by Crippen LogP contribution is 1.90. The monoisotopic (exact) mass is 309 g/mol. The van der Waals surface area contributed by atoms with E-state index in [1.165, 1.54) is 6.26 Å². The molecule has 0 aromatic carbocycles. The van der Waals surface area contributed by atoms with Crippen LogP contribution < -0.4 is 0 Å². The van der Waals surface area contributed by atoms with Gasteiger partial charge in [-0.25, -0.2) is 0 Å². The highest BCUT2D eigenvalue weighted by Gasteiger charge is 1.77. The molecule has 4 nitrogen and oxygen atoms in total. The van der Waals surface area contributed by atoms with E-state index in [0.29, 0.717) is 5.56 Å². The molecule has 5 heteroatoms. The summed E-state index contributed by atoms with van der Waals surface area (Å²) >= 11 is 1.12. The number of nitrogens with zero attached hydrogens (tertiary/aromatic N) is 3. The fourth-order valence-electron chi connectivity index (χ4n) is 1.15. The predicted octanol–water partition coefficient (Wildman–Crippen LogP) is 4.50. The van der Waals surface area contributed by atoms with Gasteiger partial charge in [-0.2, -0.15) is 5.26 Å². The van der Waals surface area contributed by atoms with Crippen LogP contribution >= 0.6 is 11.5 Å². The van der Waals surface area contributed by atoms with Gasteiger partial charge < -0.3 is 4.52 Å². The SMILES string of the molecule is N#Cc1ccccccccccconnscccc1. The van der Waals surface area contributed by atoms with Gasteiger partial charge in [-0.15, -0.1) is 0 Å². The molecule has 0 aliphatic rings. The first kappa shape index (κ1) is 17.1. The molecule has 0 aliphatic carbocycles. The van der Waals surface area contributed by atoms with E-state index in [9.17, 15) is 0 Å². The lowest BCUT2D eigenvalue weighted by molar-refractivity contribution is 0.374. The highest BCUT2D eigenvalue weighted by molar-refractivity contribution is 7.03. The molecule has 1 rings (SSSR count). The van der Waals surface area contributed by atoms with Crippen molar-refractivity contribution in [3.63, 3.8) is 0 Å². The lowest BCUT2D eigenvalue weighted by Gasteiger charge is -1.76. The van der Waals surface area contributed by atoms with Crippen molar-refractivity contribution >= 4 is 11.5 Å². The molecule has 0 N–H and O–H groups in total. The molecular weight excluding hydrogens is 294 g/mol. The molecule has 0 atom stereocenters. The van der Waals surface area contributed by atoms with Gasteiger partial charge >= 0.3 is 0 Å². The van der Waals surface area contributed by atoms with E-state index in [-0.39, 0.29) is 0 Å². The van der Waals surface area contributed by atoms with Crippen molar-refractivity contribution in [2.75, 3.05) is 0 Å². The number of hydrogen-bond donors (Lipinski definition) is 0. The molecule has 1 heterocycles. The van der Waals surface area contributed by atoms with Gasteiger partial charge in [0.05, 0.1) is 11.6 Å². The molecule has 0 aliphatic heterocycles. The zero-order chi connectivity index (χ0) is 15.7. The first-order chi connectivity index (χ1) is 10.9. The van der Waals surface area contributed by atoms with Crippen molar-refractivity contribution in [1.82, 2.24) is 9.76 Å². The average Bonchev–Trinajstić information content (AvgIpc) is 2.54. The van der Waals surface area contributed by atoms with Crippen LogP contribution in [0.4, 0.5) is 0 Å². The summed E-state index contributed by atoms with van der Waals surface area (Å²) in [4.78, 5) is 0. The minimum absolute atomic E-state index is 0.558. The van der Waals surface area contributed by atoms with Crippen LogP contribution in [0.15, 0.2) is 95.0 Å². The van der Waals surface area contributed by atoms with Crippen LogP contribution in [0.1, 0.15) is 5.56 Å². The molecular formula is C17H15N3OS. The van der Waals surface area contributed by atoms with E-state index in [2.05, 4.69) is 15.8 Å². The van der Waals surface area contributed by atoms with Crippen LogP contribution in [0.5, 0.6) is 0 Å². The van der Waals surface area contributed by atoms with Crippen LogP contribution in [0.25, 0.3) is 0 Å². The normalized spacial score (nSPS) is 7.95. The van der Waals surface area contributed by atoms with E-state index in [0.717, 1.165) is 11.5 Å². The van der Waals surface area contributed by atoms with E-state index < -0.39 is 0 Å². The molecule has 110 valence electrons. The van der Waals surface area contributed by atoms with Crippen molar-refractivity contribution in [3.8, 4) is 6.07 Å². The molecule has 0 amide bonds. The fraction of sp³-hybridized carbons (Fsp3) is 0. The van der Waals surface area contributed by atoms with Gasteiger partial charge in [-0.1, -0.05) is 65.2 Å².